The van der Waals surface area contributed by atoms with Gasteiger partial charge in [-0.3, -0.25) is 4.79 Å². The van der Waals surface area contributed by atoms with Gasteiger partial charge in [-0.05, 0) is 53.1 Å². The summed E-state index contributed by atoms with van der Waals surface area (Å²) in [6.07, 6.45) is 6.66. The van der Waals surface area contributed by atoms with Crippen molar-refractivity contribution >= 4 is 17.7 Å². The van der Waals surface area contributed by atoms with Crippen LogP contribution in [0.15, 0.2) is 30.6 Å². The van der Waals surface area contributed by atoms with E-state index in [4.69, 9.17) is 0 Å². The first kappa shape index (κ1) is 17.0. The molecule has 6 nitrogen and oxygen atoms in total. The summed E-state index contributed by atoms with van der Waals surface area (Å²) in [6.45, 7) is 2.20. The summed E-state index contributed by atoms with van der Waals surface area (Å²) < 4.78 is 1.59. The van der Waals surface area contributed by atoms with Crippen LogP contribution in [0.2, 0.25) is 0 Å². The summed E-state index contributed by atoms with van der Waals surface area (Å²) in [5.41, 5.74) is 1.88. The summed E-state index contributed by atoms with van der Waals surface area (Å²) in [5.74, 6) is 1.26. The van der Waals surface area contributed by atoms with Gasteiger partial charge in [0.05, 0.1) is 12.1 Å². The van der Waals surface area contributed by atoms with Crippen molar-refractivity contribution in [2.75, 3.05) is 5.75 Å². The average Bonchev–Trinajstić information content (AvgIpc) is 3.10. The molecule has 7 heteroatoms. The van der Waals surface area contributed by atoms with Gasteiger partial charge in [-0.15, -0.1) is 5.10 Å². The topological polar surface area (TPSA) is 72.7 Å². The van der Waals surface area contributed by atoms with Crippen molar-refractivity contribution in [2.45, 2.75) is 50.3 Å². The number of thioether (sulfide) groups is 1. The Labute approximate surface area is 146 Å². The zero-order chi connectivity index (χ0) is 16.8. The molecule has 1 N–H and O–H groups in total. The maximum Gasteiger partial charge on any atom is 0.224 e. The second-order valence-corrected chi connectivity index (χ2v) is 7.68. The Balaban J connectivity index is 1.51. The highest BCUT2D eigenvalue weighted by atomic mass is 32.2. The van der Waals surface area contributed by atoms with Crippen molar-refractivity contribution in [2.24, 2.45) is 0 Å². The van der Waals surface area contributed by atoms with Crippen molar-refractivity contribution in [3.63, 3.8) is 0 Å². The minimum absolute atomic E-state index is 0.109. The van der Waals surface area contributed by atoms with Crippen molar-refractivity contribution < 1.29 is 4.79 Å². The van der Waals surface area contributed by atoms with E-state index >= 15 is 0 Å². The van der Waals surface area contributed by atoms with Gasteiger partial charge in [0.1, 0.15) is 6.33 Å². The summed E-state index contributed by atoms with van der Waals surface area (Å²) in [4.78, 5) is 12.3. The normalized spacial score (nSPS) is 20.7. The van der Waals surface area contributed by atoms with E-state index < -0.39 is 0 Å². The number of hydrogen-bond acceptors (Lipinski definition) is 5. The molecule has 1 aromatic carbocycles. The van der Waals surface area contributed by atoms with Gasteiger partial charge in [-0.25, -0.2) is 4.68 Å². The molecule has 2 aromatic rings. The molecule has 1 heterocycles. The first-order valence-electron chi connectivity index (χ1n) is 8.48. The van der Waals surface area contributed by atoms with Crippen LogP contribution >= 0.6 is 11.8 Å². The van der Waals surface area contributed by atoms with E-state index in [0.717, 1.165) is 29.8 Å². The van der Waals surface area contributed by atoms with Crippen LogP contribution in [0.25, 0.3) is 5.69 Å². The molecule has 128 valence electrons. The van der Waals surface area contributed by atoms with Crippen LogP contribution in [0.4, 0.5) is 0 Å². The average molecular weight is 345 g/mol. The standard InChI is InChI=1S/C17H23N5OS/c1-2-24-16-5-3-4-14(11-16)19-17(23)10-13-6-8-15(9-7-13)22-12-18-20-21-22/h6-9,12,14,16H,2-5,10-11H2,1H3,(H,19,23)/t14-,16+/m0/s1. The van der Waals surface area contributed by atoms with Crippen molar-refractivity contribution in [3.8, 4) is 5.69 Å². The SMILES string of the molecule is CCS[C@@H]1CCC[C@H](NC(=O)Cc2ccc(-n3cnnn3)cc2)C1. The smallest absolute Gasteiger partial charge is 0.224 e. The van der Waals surface area contributed by atoms with Crippen LogP contribution in [0.5, 0.6) is 0 Å². The van der Waals surface area contributed by atoms with Crippen molar-refractivity contribution in [1.29, 1.82) is 0 Å². The van der Waals surface area contributed by atoms with E-state index in [-0.39, 0.29) is 5.91 Å². The minimum atomic E-state index is 0.109. The number of amides is 1. The Kier molecular flexibility index (Phi) is 5.85. The van der Waals surface area contributed by atoms with E-state index in [9.17, 15) is 4.79 Å². The molecular formula is C17H23N5OS. The Morgan fingerprint density at radius 3 is 2.88 bits per heavy atom. The minimum Gasteiger partial charge on any atom is -0.353 e. The van der Waals surface area contributed by atoms with Crippen molar-refractivity contribution in [3.05, 3.63) is 36.2 Å². The molecule has 0 radical (unpaired) electrons. The van der Waals surface area contributed by atoms with E-state index in [2.05, 4.69) is 27.8 Å². The fourth-order valence-corrected chi connectivity index (χ4v) is 4.35. The van der Waals surface area contributed by atoms with Crippen LogP contribution in [-0.4, -0.2) is 43.2 Å². The lowest BCUT2D eigenvalue weighted by Gasteiger charge is -2.29. The molecule has 0 spiro atoms. The quantitative estimate of drug-likeness (QED) is 0.870. The number of benzene rings is 1. The number of hydrogen-bond donors (Lipinski definition) is 1. The van der Waals surface area contributed by atoms with Crippen LogP contribution in [0, 0.1) is 0 Å². The molecular weight excluding hydrogens is 322 g/mol. The number of tetrazole rings is 1. The predicted octanol–water partition coefficient (Wildman–Crippen LogP) is 2.39. The van der Waals surface area contributed by atoms with E-state index in [1.165, 1.54) is 12.8 Å². The van der Waals surface area contributed by atoms with Gasteiger partial charge < -0.3 is 5.32 Å². The Hall–Kier alpha value is -1.89. The maximum absolute atomic E-state index is 12.3. The molecule has 1 aliphatic carbocycles. The fourth-order valence-electron chi connectivity index (χ4n) is 3.17. The molecule has 1 saturated carbocycles. The highest BCUT2D eigenvalue weighted by molar-refractivity contribution is 7.99. The number of aromatic nitrogens is 4. The highest BCUT2D eigenvalue weighted by Gasteiger charge is 2.23. The highest BCUT2D eigenvalue weighted by Crippen LogP contribution is 2.28. The molecule has 2 atom stereocenters. The number of nitrogens with zero attached hydrogens (tertiary/aromatic N) is 4. The Morgan fingerprint density at radius 1 is 1.33 bits per heavy atom. The van der Waals surface area contributed by atoms with E-state index in [1.54, 1.807) is 11.0 Å². The number of carbonyl (C=O) groups is 1. The van der Waals surface area contributed by atoms with E-state index in [0.29, 0.717) is 17.7 Å². The molecule has 3 rings (SSSR count). The maximum atomic E-state index is 12.3. The third-order valence-corrected chi connectivity index (χ3v) is 5.54. The molecule has 0 aliphatic heterocycles. The van der Waals surface area contributed by atoms with Gasteiger partial charge in [-0.2, -0.15) is 11.8 Å². The van der Waals surface area contributed by atoms with E-state index in [1.807, 2.05) is 36.0 Å². The summed E-state index contributed by atoms with van der Waals surface area (Å²) >= 11 is 2.02. The largest absolute Gasteiger partial charge is 0.353 e. The van der Waals surface area contributed by atoms with Gasteiger partial charge in [0.15, 0.2) is 0 Å². The van der Waals surface area contributed by atoms with Crippen molar-refractivity contribution in [1.82, 2.24) is 25.5 Å². The van der Waals surface area contributed by atoms with Gasteiger partial charge >= 0.3 is 0 Å². The van der Waals surface area contributed by atoms with Crippen LogP contribution in [0.3, 0.4) is 0 Å². The molecule has 0 saturated heterocycles. The molecule has 1 amide bonds. The first-order chi connectivity index (χ1) is 11.7. The Morgan fingerprint density at radius 2 is 2.17 bits per heavy atom. The lowest BCUT2D eigenvalue weighted by molar-refractivity contribution is -0.121. The monoisotopic (exact) mass is 345 g/mol. The van der Waals surface area contributed by atoms with Crippen LogP contribution in [-0.2, 0) is 11.2 Å². The second kappa shape index (κ2) is 8.28. The number of carbonyl (C=O) groups excluding carboxylic acids is 1. The summed E-state index contributed by atoms with van der Waals surface area (Å²) in [6, 6.07) is 8.08. The molecule has 0 bridgehead atoms. The first-order valence-corrected chi connectivity index (χ1v) is 9.52. The number of nitrogens with one attached hydrogen (secondary N) is 1. The Bertz CT molecular complexity index is 642. The zero-order valence-corrected chi connectivity index (χ0v) is 14.7. The molecule has 1 fully saturated rings. The predicted molar refractivity (Wildman–Crippen MR) is 95.2 cm³/mol. The van der Waals surface area contributed by atoms with Gasteiger partial charge in [-0.1, -0.05) is 25.5 Å². The second-order valence-electron chi connectivity index (χ2n) is 6.11. The summed E-state index contributed by atoms with van der Waals surface area (Å²) in [7, 11) is 0. The molecule has 0 unspecified atom stereocenters. The summed E-state index contributed by atoms with van der Waals surface area (Å²) in [5, 5.41) is 15.0. The lowest BCUT2D eigenvalue weighted by Crippen LogP contribution is -2.39. The third kappa shape index (κ3) is 4.56. The third-order valence-electron chi connectivity index (χ3n) is 4.31. The van der Waals surface area contributed by atoms with Gasteiger partial charge in [0.2, 0.25) is 5.91 Å². The molecule has 1 aromatic heterocycles. The van der Waals surface area contributed by atoms with Gasteiger partial charge in [0.25, 0.3) is 0 Å². The molecule has 24 heavy (non-hydrogen) atoms. The zero-order valence-electron chi connectivity index (χ0n) is 13.9. The lowest BCUT2D eigenvalue weighted by atomic mass is 9.94. The number of rotatable bonds is 6. The van der Waals surface area contributed by atoms with Crippen LogP contribution < -0.4 is 5.32 Å². The van der Waals surface area contributed by atoms with Gasteiger partial charge in [0, 0.05) is 11.3 Å². The molecule has 1 aliphatic rings. The fraction of sp³-hybridized carbons (Fsp3) is 0.529. The van der Waals surface area contributed by atoms with Crippen LogP contribution in [0.1, 0.15) is 38.2 Å².